The molecule has 7 nitrogen and oxygen atoms in total. The molecule has 0 aliphatic carbocycles. The summed E-state index contributed by atoms with van der Waals surface area (Å²) in [6, 6.07) is 3.11. The highest BCUT2D eigenvalue weighted by molar-refractivity contribution is 5.55. The average molecular weight is 358 g/mol. The minimum atomic E-state index is -0.974. The van der Waals surface area contributed by atoms with Crippen molar-refractivity contribution in [2.75, 3.05) is 0 Å². The zero-order valence-electron chi connectivity index (χ0n) is 12.9. The molecule has 0 spiro atoms. The van der Waals surface area contributed by atoms with Crippen molar-refractivity contribution >= 4 is 5.65 Å². The summed E-state index contributed by atoms with van der Waals surface area (Å²) in [7, 11) is 0. The van der Waals surface area contributed by atoms with Crippen molar-refractivity contribution in [3.63, 3.8) is 0 Å². The van der Waals surface area contributed by atoms with Crippen LogP contribution < -0.4 is 0 Å². The molecule has 0 aliphatic heterocycles. The number of aromatic hydroxyl groups is 1. The molecule has 1 aromatic carbocycles. The van der Waals surface area contributed by atoms with Crippen LogP contribution in [0.5, 0.6) is 5.88 Å². The van der Waals surface area contributed by atoms with Crippen LogP contribution >= 0.6 is 0 Å². The fourth-order valence-corrected chi connectivity index (χ4v) is 2.46. The first-order valence-electron chi connectivity index (χ1n) is 7.36. The van der Waals surface area contributed by atoms with Crippen molar-refractivity contribution < 1.29 is 18.3 Å². The Kier molecular flexibility index (Phi) is 3.72. The molecule has 3 heterocycles. The van der Waals surface area contributed by atoms with Crippen molar-refractivity contribution in [3.05, 3.63) is 65.6 Å². The lowest BCUT2D eigenvalue weighted by molar-refractivity contribution is 0.409. The number of rotatable bonds is 3. The second-order valence-electron chi connectivity index (χ2n) is 5.38. The highest BCUT2D eigenvalue weighted by atomic mass is 19.1. The summed E-state index contributed by atoms with van der Waals surface area (Å²) in [6.07, 6.45) is 3.44. The van der Waals surface area contributed by atoms with Crippen LogP contribution in [0.25, 0.3) is 17.2 Å². The van der Waals surface area contributed by atoms with Crippen molar-refractivity contribution in [3.8, 4) is 17.4 Å². The van der Waals surface area contributed by atoms with Gasteiger partial charge < -0.3 is 5.11 Å². The molecule has 4 rings (SSSR count). The Balaban J connectivity index is 1.85. The Labute approximate surface area is 143 Å². The van der Waals surface area contributed by atoms with E-state index in [2.05, 4.69) is 25.0 Å². The zero-order chi connectivity index (χ0) is 18.3. The molecule has 0 unspecified atom stereocenters. The number of nitrogens with zero attached hydrogens (tertiary/aromatic N) is 6. The molecule has 0 amide bonds. The Hall–Kier alpha value is -3.56. The van der Waals surface area contributed by atoms with Gasteiger partial charge in [-0.25, -0.2) is 28.2 Å². The van der Waals surface area contributed by atoms with Gasteiger partial charge in [0, 0.05) is 6.42 Å². The maximum absolute atomic E-state index is 14.0. The number of benzene rings is 1. The van der Waals surface area contributed by atoms with Crippen LogP contribution in [-0.2, 0) is 6.42 Å². The second kappa shape index (κ2) is 6.06. The summed E-state index contributed by atoms with van der Waals surface area (Å²) in [4.78, 5) is 15.8. The maximum atomic E-state index is 14.0. The Morgan fingerprint density at radius 3 is 2.69 bits per heavy atom. The van der Waals surface area contributed by atoms with Crippen molar-refractivity contribution in [1.29, 1.82) is 0 Å². The van der Waals surface area contributed by atoms with Gasteiger partial charge in [0.1, 0.15) is 23.7 Å². The fraction of sp³-hybridized carbons (Fsp3) is 0.0625. The molecule has 0 aliphatic rings. The minimum Gasteiger partial charge on any atom is -0.491 e. The molecule has 4 aromatic rings. The van der Waals surface area contributed by atoms with Gasteiger partial charge in [0.25, 0.3) is 5.88 Å². The lowest BCUT2D eigenvalue weighted by Crippen LogP contribution is -2.04. The van der Waals surface area contributed by atoms with Gasteiger partial charge in [-0.3, -0.25) is 0 Å². The zero-order valence-corrected chi connectivity index (χ0v) is 12.9. The first kappa shape index (κ1) is 15.9. The van der Waals surface area contributed by atoms with E-state index in [1.807, 2.05) is 0 Å². The third-order valence-corrected chi connectivity index (χ3v) is 3.65. The number of hydrogen-bond donors (Lipinski definition) is 1. The lowest BCUT2D eigenvalue weighted by atomic mass is 10.1. The van der Waals surface area contributed by atoms with E-state index in [-0.39, 0.29) is 29.2 Å². The lowest BCUT2D eigenvalue weighted by Gasteiger charge is -2.07. The van der Waals surface area contributed by atoms with Crippen LogP contribution in [0.1, 0.15) is 11.3 Å². The third kappa shape index (κ3) is 2.81. The van der Waals surface area contributed by atoms with E-state index in [1.54, 1.807) is 0 Å². The molecule has 10 heteroatoms. The van der Waals surface area contributed by atoms with Crippen LogP contribution in [0.3, 0.4) is 0 Å². The normalized spacial score (nSPS) is 11.2. The van der Waals surface area contributed by atoms with E-state index in [9.17, 15) is 18.3 Å². The smallest absolute Gasteiger partial charge is 0.251 e. The van der Waals surface area contributed by atoms with Crippen molar-refractivity contribution in [2.24, 2.45) is 0 Å². The van der Waals surface area contributed by atoms with Crippen LogP contribution in [-0.4, -0.2) is 34.7 Å². The number of hydrogen-bond acceptors (Lipinski definition) is 6. The molecule has 26 heavy (non-hydrogen) atoms. The van der Waals surface area contributed by atoms with E-state index >= 15 is 0 Å². The molecule has 0 saturated carbocycles. The Bertz CT molecular complexity index is 1130. The molecule has 0 radical (unpaired) electrons. The van der Waals surface area contributed by atoms with Gasteiger partial charge in [-0.15, -0.1) is 0 Å². The number of halogens is 3. The van der Waals surface area contributed by atoms with Crippen molar-refractivity contribution in [2.45, 2.75) is 6.42 Å². The largest absolute Gasteiger partial charge is 0.491 e. The Morgan fingerprint density at radius 2 is 1.88 bits per heavy atom. The van der Waals surface area contributed by atoms with E-state index < -0.39 is 23.3 Å². The molecular formula is C16H9F3N6O. The molecule has 0 bridgehead atoms. The third-order valence-electron chi connectivity index (χ3n) is 3.65. The molecule has 0 fully saturated rings. The summed E-state index contributed by atoms with van der Waals surface area (Å²) in [5.41, 5.74) is 0.869. The summed E-state index contributed by atoms with van der Waals surface area (Å²) in [6.45, 7) is 0. The molecule has 0 atom stereocenters. The maximum Gasteiger partial charge on any atom is 0.251 e. The fourth-order valence-electron chi connectivity index (χ4n) is 2.46. The molecule has 3 aromatic heterocycles. The minimum absolute atomic E-state index is 0.0535. The van der Waals surface area contributed by atoms with Gasteiger partial charge in [-0.1, -0.05) is 0 Å². The van der Waals surface area contributed by atoms with Gasteiger partial charge in [0.15, 0.2) is 11.5 Å². The molecule has 130 valence electrons. The summed E-state index contributed by atoms with van der Waals surface area (Å²) < 4.78 is 41.9. The first-order valence-corrected chi connectivity index (χ1v) is 7.36. The van der Waals surface area contributed by atoms with E-state index in [1.165, 1.54) is 17.0 Å². The van der Waals surface area contributed by atoms with E-state index in [0.29, 0.717) is 5.65 Å². The van der Waals surface area contributed by atoms with Crippen LogP contribution in [0.15, 0.2) is 36.9 Å². The quantitative estimate of drug-likeness (QED) is 0.604. The van der Waals surface area contributed by atoms with Crippen LogP contribution in [0.4, 0.5) is 13.2 Å². The van der Waals surface area contributed by atoms with Crippen LogP contribution in [0.2, 0.25) is 0 Å². The van der Waals surface area contributed by atoms with Gasteiger partial charge in [-0.2, -0.15) is 14.5 Å². The monoisotopic (exact) mass is 358 g/mol. The molecular weight excluding hydrogens is 349 g/mol. The van der Waals surface area contributed by atoms with E-state index in [0.717, 1.165) is 24.4 Å². The van der Waals surface area contributed by atoms with Gasteiger partial charge in [0.2, 0.25) is 5.82 Å². The SMILES string of the molecule is Oc1nc(-c2cn3ncnc3c(Cc3cc(F)ccc3F)n2)ncc1F. The standard InChI is InChI=1S/C16H9F3N6O/c17-9-1-2-10(18)8(3-9)4-12-15-21-7-22-25(15)6-13(23-12)14-20-5-11(19)16(26)24-14/h1-3,5-7H,4H2,(H,20,24,26). The summed E-state index contributed by atoms with van der Waals surface area (Å²) in [5, 5.41) is 13.4. The number of aromatic nitrogens is 6. The summed E-state index contributed by atoms with van der Waals surface area (Å²) >= 11 is 0. The molecule has 0 saturated heterocycles. The first-order chi connectivity index (χ1) is 12.5. The van der Waals surface area contributed by atoms with Gasteiger partial charge >= 0.3 is 0 Å². The van der Waals surface area contributed by atoms with Crippen molar-refractivity contribution in [1.82, 2.24) is 29.5 Å². The highest BCUT2D eigenvalue weighted by Crippen LogP contribution is 2.21. The van der Waals surface area contributed by atoms with Gasteiger partial charge in [-0.05, 0) is 23.8 Å². The predicted molar refractivity (Wildman–Crippen MR) is 82.6 cm³/mol. The Morgan fingerprint density at radius 1 is 1.04 bits per heavy atom. The topological polar surface area (TPSA) is 89.1 Å². The number of fused-ring (bicyclic) bond motifs is 1. The average Bonchev–Trinajstić information content (AvgIpc) is 3.09. The molecule has 1 N–H and O–H groups in total. The highest BCUT2D eigenvalue weighted by Gasteiger charge is 2.16. The van der Waals surface area contributed by atoms with Gasteiger partial charge in [0.05, 0.1) is 18.1 Å². The predicted octanol–water partition coefficient (Wildman–Crippen LogP) is 2.29. The second-order valence-corrected chi connectivity index (χ2v) is 5.38. The summed E-state index contributed by atoms with van der Waals surface area (Å²) in [5.74, 6) is -3.03. The van der Waals surface area contributed by atoms with Crippen LogP contribution in [0, 0.1) is 17.5 Å². The van der Waals surface area contributed by atoms with E-state index in [4.69, 9.17) is 0 Å².